The third-order valence-electron chi connectivity index (χ3n) is 5.31. The maximum atomic E-state index is 9.16. The summed E-state index contributed by atoms with van der Waals surface area (Å²) in [7, 11) is 3.61. The van der Waals surface area contributed by atoms with Crippen molar-refractivity contribution in [1.82, 2.24) is 14.0 Å². The molecule has 3 fully saturated rings. The summed E-state index contributed by atoms with van der Waals surface area (Å²) in [6, 6.07) is 0. The fourth-order valence-corrected chi connectivity index (χ4v) is 11.4. The molecule has 0 unspecified atom stereocenters. The predicted molar refractivity (Wildman–Crippen MR) is 68.8 cm³/mol. The summed E-state index contributed by atoms with van der Waals surface area (Å²) in [4.78, 5) is 7.78. The van der Waals surface area contributed by atoms with E-state index in [1.807, 2.05) is 0 Å². The molecule has 3 rings (SSSR count). The number of rotatable bonds is 1. The van der Waals surface area contributed by atoms with Gasteiger partial charge in [0, 0.05) is 0 Å². The van der Waals surface area contributed by atoms with E-state index in [1.165, 1.54) is 0 Å². The van der Waals surface area contributed by atoms with Crippen LogP contribution in [0.4, 0.5) is 0 Å². The molecule has 0 spiro atoms. The molecular weight excluding hydrogens is 237 g/mol. The third kappa shape index (κ3) is 0.837. The molecular formula is C9H21N7P+. The van der Waals surface area contributed by atoms with Crippen molar-refractivity contribution in [2.45, 2.75) is 0 Å². The summed E-state index contributed by atoms with van der Waals surface area (Å²) in [5, 5.41) is 0. The zero-order valence-corrected chi connectivity index (χ0v) is 11.7. The molecule has 0 aliphatic carbocycles. The number of quaternary nitrogens is 1. The Kier molecular flexibility index (Phi) is 2.14. The summed E-state index contributed by atoms with van der Waals surface area (Å²) in [6.45, 7) is 6.48. The summed E-state index contributed by atoms with van der Waals surface area (Å²) < 4.78 is 8.11. The molecule has 7 nitrogen and oxygen atoms in total. The molecule has 8 heteroatoms. The van der Waals surface area contributed by atoms with Crippen LogP contribution in [-0.4, -0.2) is 78.7 Å². The van der Waals surface area contributed by atoms with E-state index in [2.05, 4.69) is 45.0 Å². The van der Waals surface area contributed by atoms with Gasteiger partial charge in [-0.1, -0.05) is 0 Å². The van der Waals surface area contributed by atoms with Crippen LogP contribution >= 0.6 is 7.36 Å². The fraction of sp³-hybridized carbons (Fsp3) is 1.00. The monoisotopic (exact) mass is 258 g/mol. The van der Waals surface area contributed by atoms with Gasteiger partial charge >= 0.3 is 101 Å². The first-order valence-electron chi connectivity index (χ1n) is 6.14. The van der Waals surface area contributed by atoms with E-state index in [-0.39, 0.29) is 0 Å². The van der Waals surface area contributed by atoms with Gasteiger partial charge in [0.2, 0.25) is 0 Å². The van der Waals surface area contributed by atoms with Gasteiger partial charge in [0.1, 0.15) is 0 Å². The molecule has 0 N–H and O–H groups in total. The van der Waals surface area contributed by atoms with Crippen LogP contribution in [0.3, 0.4) is 0 Å². The molecule has 3 heterocycles. The Hall–Kier alpha value is -0.420. The van der Waals surface area contributed by atoms with Gasteiger partial charge in [-0.3, -0.25) is 0 Å². The number of hydrogen-bond acceptors (Lipinski definition) is 4. The first-order chi connectivity index (χ1) is 8.04. The zero-order valence-electron chi connectivity index (χ0n) is 10.8. The van der Waals surface area contributed by atoms with Gasteiger partial charge in [0.25, 0.3) is 0 Å². The van der Waals surface area contributed by atoms with Crippen LogP contribution in [0, 0.1) is 0 Å². The molecule has 0 atom stereocenters. The zero-order chi connectivity index (χ0) is 12.3. The van der Waals surface area contributed by atoms with Crippen molar-refractivity contribution in [3.05, 3.63) is 10.4 Å². The molecule has 0 aromatic rings. The van der Waals surface area contributed by atoms with Gasteiger partial charge in [0.15, 0.2) is 0 Å². The Morgan fingerprint density at radius 1 is 1.00 bits per heavy atom. The van der Waals surface area contributed by atoms with Gasteiger partial charge in [-0.2, -0.15) is 0 Å². The van der Waals surface area contributed by atoms with E-state index < -0.39 is 7.36 Å². The average molecular weight is 258 g/mol. The van der Waals surface area contributed by atoms with Crippen molar-refractivity contribution in [3.8, 4) is 0 Å². The number of likely N-dealkylation sites (N-methyl/N-ethyl adjacent to an activating group) is 3. The van der Waals surface area contributed by atoms with Gasteiger partial charge in [-0.05, 0) is 0 Å². The quantitative estimate of drug-likeness (QED) is 0.306. The molecule has 3 aliphatic rings. The van der Waals surface area contributed by atoms with Crippen molar-refractivity contribution in [2.24, 2.45) is 4.88 Å². The number of nitrogens with zero attached hydrogens (tertiary/aromatic N) is 7. The van der Waals surface area contributed by atoms with Gasteiger partial charge < -0.3 is 0 Å². The Morgan fingerprint density at radius 3 is 1.76 bits per heavy atom. The fourth-order valence-electron chi connectivity index (χ4n) is 4.52. The van der Waals surface area contributed by atoms with Crippen LogP contribution in [0.25, 0.3) is 10.4 Å². The predicted octanol–water partition coefficient (Wildman–Crippen LogP) is 1.08. The Bertz CT molecular complexity index is 376. The van der Waals surface area contributed by atoms with Crippen LogP contribution in [-0.2, 0) is 0 Å². The minimum atomic E-state index is -2.79. The van der Waals surface area contributed by atoms with E-state index in [4.69, 9.17) is 5.53 Å². The summed E-state index contributed by atoms with van der Waals surface area (Å²) >= 11 is 0. The second-order valence-electron chi connectivity index (χ2n) is 5.48. The Labute approximate surface area is 102 Å². The van der Waals surface area contributed by atoms with Crippen LogP contribution in [0.1, 0.15) is 0 Å². The summed E-state index contributed by atoms with van der Waals surface area (Å²) in [5.41, 5.74) is 9.16. The van der Waals surface area contributed by atoms with E-state index in [0.29, 0.717) is 0 Å². The van der Waals surface area contributed by atoms with Crippen molar-refractivity contribution in [3.63, 3.8) is 0 Å². The van der Waals surface area contributed by atoms with Crippen LogP contribution in [0.5, 0.6) is 0 Å². The molecule has 96 valence electrons. The second-order valence-corrected chi connectivity index (χ2v) is 10.3. The molecule has 0 aromatic heterocycles. The molecule has 0 bridgehead atoms. The van der Waals surface area contributed by atoms with E-state index in [9.17, 15) is 0 Å². The molecule has 17 heavy (non-hydrogen) atoms. The van der Waals surface area contributed by atoms with Crippen molar-refractivity contribution in [1.29, 1.82) is 0 Å². The summed E-state index contributed by atoms with van der Waals surface area (Å²) in [6.07, 6.45) is 0. The molecule has 0 amide bonds. The van der Waals surface area contributed by atoms with Gasteiger partial charge in [-0.15, -0.1) is 0 Å². The molecule has 0 aromatic carbocycles. The molecule has 3 saturated heterocycles. The normalized spacial score (nSPS) is 42.4. The first-order valence-corrected chi connectivity index (χ1v) is 8.14. The van der Waals surface area contributed by atoms with Crippen LogP contribution < -0.4 is 0 Å². The molecule has 0 radical (unpaired) electrons. The average Bonchev–Trinajstić information content (AvgIpc) is 2.81. The second kappa shape index (κ2) is 3.12. The van der Waals surface area contributed by atoms with Gasteiger partial charge in [0.05, 0.1) is 0 Å². The van der Waals surface area contributed by atoms with Gasteiger partial charge in [-0.25, -0.2) is 0 Å². The summed E-state index contributed by atoms with van der Waals surface area (Å²) in [5.74, 6) is 0. The van der Waals surface area contributed by atoms with Crippen molar-refractivity contribution in [2.75, 3.05) is 60.4 Å². The van der Waals surface area contributed by atoms with E-state index in [1.54, 1.807) is 0 Å². The topological polar surface area (TPSA) is 58.5 Å². The van der Waals surface area contributed by atoms with E-state index >= 15 is 0 Å². The Morgan fingerprint density at radius 2 is 1.41 bits per heavy atom. The van der Waals surface area contributed by atoms with E-state index in [0.717, 1.165) is 43.5 Å². The van der Waals surface area contributed by atoms with Crippen molar-refractivity contribution < 1.29 is 4.25 Å². The number of hydrogen-bond donors (Lipinski definition) is 0. The van der Waals surface area contributed by atoms with Crippen molar-refractivity contribution >= 4 is 7.36 Å². The number of azide groups is 1. The van der Waals surface area contributed by atoms with Crippen LogP contribution in [0.2, 0.25) is 0 Å². The Balaban J connectivity index is 2.36. The maximum absolute atomic E-state index is 9.16. The minimum absolute atomic E-state index is 1.01. The first kappa shape index (κ1) is 11.7. The standard InChI is InChI=1S/C9H21N7P/c1-13-4-7-16-8-5-14(2)17(13,16,12-11-10)15(3)6-9-16/h4-9H2,1-3H3/q+1. The SMILES string of the molecule is CN1CC[N+]23CCN(C)P12(N=[N+]=[N-])N(C)CC3. The third-order valence-corrected chi connectivity index (χ3v) is 12.1. The molecule has 3 aliphatic heterocycles. The van der Waals surface area contributed by atoms with Crippen LogP contribution in [0.15, 0.2) is 4.88 Å². The molecule has 0 saturated carbocycles.